The number of aromatic nitrogens is 2. The molecule has 0 saturated carbocycles. The molecule has 1 aromatic carbocycles. The molecule has 1 fully saturated rings. The Hall–Kier alpha value is -1.16. The standard InChI is InChI=1S/C15H18BrN3/c1-11(16)12-6-8-19(9-7-12)15-14-5-3-2-4-13(14)10-17-18-15/h2-5,10-12H,6-9H2,1H3. The smallest absolute Gasteiger partial charge is 0.159 e. The summed E-state index contributed by atoms with van der Waals surface area (Å²) >= 11 is 3.71. The van der Waals surface area contributed by atoms with Crippen molar-refractivity contribution in [3.8, 4) is 0 Å². The first kappa shape index (κ1) is 12.9. The molecule has 2 heterocycles. The lowest BCUT2D eigenvalue weighted by Crippen LogP contribution is -2.36. The van der Waals surface area contributed by atoms with Gasteiger partial charge < -0.3 is 4.90 Å². The Morgan fingerprint density at radius 2 is 2.00 bits per heavy atom. The average Bonchev–Trinajstić information content (AvgIpc) is 2.47. The number of benzene rings is 1. The molecule has 0 spiro atoms. The second-order valence-corrected chi connectivity index (χ2v) is 6.70. The largest absolute Gasteiger partial charge is 0.355 e. The third-order valence-corrected chi connectivity index (χ3v) is 4.79. The number of rotatable bonds is 2. The Morgan fingerprint density at radius 3 is 2.74 bits per heavy atom. The van der Waals surface area contributed by atoms with Gasteiger partial charge in [0.15, 0.2) is 5.82 Å². The van der Waals surface area contributed by atoms with Crippen LogP contribution in [0.1, 0.15) is 19.8 Å². The van der Waals surface area contributed by atoms with E-state index in [1.54, 1.807) is 0 Å². The molecule has 1 aromatic heterocycles. The number of anilines is 1. The van der Waals surface area contributed by atoms with Crippen LogP contribution in [0.5, 0.6) is 0 Å². The molecule has 0 radical (unpaired) electrons. The van der Waals surface area contributed by atoms with Crippen LogP contribution in [0, 0.1) is 5.92 Å². The molecular formula is C15H18BrN3. The van der Waals surface area contributed by atoms with Gasteiger partial charge in [0.05, 0.1) is 6.20 Å². The molecule has 1 atom stereocenters. The van der Waals surface area contributed by atoms with E-state index in [1.807, 2.05) is 12.3 Å². The number of fused-ring (bicyclic) bond motifs is 1. The van der Waals surface area contributed by atoms with Crippen molar-refractivity contribution < 1.29 is 0 Å². The summed E-state index contributed by atoms with van der Waals surface area (Å²) in [6.07, 6.45) is 4.28. The molecule has 3 rings (SSSR count). The molecular weight excluding hydrogens is 302 g/mol. The van der Waals surface area contributed by atoms with Crippen molar-refractivity contribution >= 4 is 32.5 Å². The molecule has 1 aliphatic rings. The Labute approximate surface area is 122 Å². The van der Waals surface area contributed by atoms with Gasteiger partial charge in [-0.15, -0.1) is 5.10 Å². The van der Waals surface area contributed by atoms with E-state index < -0.39 is 0 Å². The number of hydrogen-bond donors (Lipinski definition) is 0. The minimum Gasteiger partial charge on any atom is -0.355 e. The fraction of sp³-hybridized carbons (Fsp3) is 0.467. The number of piperidine rings is 1. The van der Waals surface area contributed by atoms with Crippen LogP contribution in [-0.4, -0.2) is 28.1 Å². The van der Waals surface area contributed by atoms with Crippen molar-refractivity contribution in [1.29, 1.82) is 0 Å². The minimum atomic E-state index is 0.605. The first-order valence-electron chi connectivity index (χ1n) is 6.85. The van der Waals surface area contributed by atoms with Gasteiger partial charge in [-0.05, 0) is 18.8 Å². The topological polar surface area (TPSA) is 29.0 Å². The molecule has 0 bridgehead atoms. The summed E-state index contributed by atoms with van der Waals surface area (Å²) in [5, 5.41) is 10.9. The summed E-state index contributed by atoms with van der Waals surface area (Å²) in [6, 6.07) is 8.35. The van der Waals surface area contributed by atoms with Gasteiger partial charge in [-0.2, -0.15) is 5.10 Å². The van der Waals surface area contributed by atoms with Crippen molar-refractivity contribution in [2.45, 2.75) is 24.6 Å². The summed E-state index contributed by atoms with van der Waals surface area (Å²) in [4.78, 5) is 2.98. The lowest BCUT2D eigenvalue weighted by Gasteiger charge is -2.34. The number of alkyl halides is 1. The summed E-state index contributed by atoms with van der Waals surface area (Å²) in [7, 11) is 0. The van der Waals surface area contributed by atoms with Gasteiger partial charge in [-0.3, -0.25) is 0 Å². The Balaban J connectivity index is 1.86. The highest BCUT2D eigenvalue weighted by molar-refractivity contribution is 9.09. The van der Waals surface area contributed by atoms with Crippen molar-refractivity contribution in [3.05, 3.63) is 30.5 Å². The normalized spacial score (nSPS) is 18.7. The highest BCUT2D eigenvalue weighted by atomic mass is 79.9. The highest BCUT2D eigenvalue weighted by Gasteiger charge is 2.24. The Morgan fingerprint density at radius 1 is 1.26 bits per heavy atom. The van der Waals surface area contributed by atoms with Gasteiger partial charge in [0.1, 0.15) is 0 Å². The van der Waals surface area contributed by atoms with Crippen molar-refractivity contribution in [3.63, 3.8) is 0 Å². The quantitative estimate of drug-likeness (QED) is 0.791. The second kappa shape index (κ2) is 5.45. The fourth-order valence-electron chi connectivity index (χ4n) is 2.82. The fourth-order valence-corrected chi connectivity index (χ4v) is 3.35. The van der Waals surface area contributed by atoms with Crippen LogP contribution in [0.4, 0.5) is 5.82 Å². The molecule has 0 amide bonds. The maximum absolute atomic E-state index is 4.36. The van der Waals surface area contributed by atoms with E-state index in [-0.39, 0.29) is 0 Å². The summed E-state index contributed by atoms with van der Waals surface area (Å²) in [5.74, 6) is 1.82. The maximum Gasteiger partial charge on any atom is 0.159 e. The molecule has 19 heavy (non-hydrogen) atoms. The Bertz CT molecular complexity index is 557. The van der Waals surface area contributed by atoms with Crippen LogP contribution in [0.2, 0.25) is 0 Å². The predicted octanol–water partition coefficient (Wildman–Crippen LogP) is 3.63. The van der Waals surface area contributed by atoms with Gasteiger partial charge in [-0.1, -0.05) is 47.1 Å². The van der Waals surface area contributed by atoms with Crippen molar-refractivity contribution in [2.75, 3.05) is 18.0 Å². The van der Waals surface area contributed by atoms with Crippen LogP contribution < -0.4 is 4.90 Å². The van der Waals surface area contributed by atoms with Crippen LogP contribution in [0.3, 0.4) is 0 Å². The third-order valence-electron chi connectivity index (χ3n) is 4.04. The lowest BCUT2D eigenvalue weighted by atomic mass is 9.94. The number of hydrogen-bond acceptors (Lipinski definition) is 3. The van der Waals surface area contributed by atoms with Gasteiger partial charge in [0.2, 0.25) is 0 Å². The van der Waals surface area contributed by atoms with E-state index in [1.165, 1.54) is 23.6 Å². The second-order valence-electron chi connectivity index (χ2n) is 5.26. The molecule has 1 aliphatic heterocycles. The molecule has 1 unspecified atom stereocenters. The van der Waals surface area contributed by atoms with Crippen LogP contribution in [0.15, 0.2) is 30.5 Å². The first-order chi connectivity index (χ1) is 9.25. The molecule has 2 aromatic rings. The first-order valence-corrected chi connectivity index (χ1v) is 7.76. The molecule has 4 heteroatoms. The van der Waals surface area contributed by atoms with E-state index in [0.717, 1.165) is 24.8 Å². The third kappa shape index (κ3) is 2.59. The number of nitrogens with zero attached hydrogens (tertiary/aromatic N) is 3. The lowest BCUT2D eigenvalue weighted by molar-refractivity contribution is 0.405. The van der Waals surface area contributed by atoms with Gasteiger partial charge in [-0.25, -0.2) is 0 Å². The molecule has 1 saturated heterocycles. The summed E-state index contributed by atoms with van der Waals surface area (Å²) in [5.41, 5.74) is 0. The van der Waals surface area contributed by atoms with E-state index in [9.17, 15) is 0 Å². The zero-order chi connectivity index (χ0) is 13.2. The van der Waals surface area contributed by atoms with Gasteiger partial charge in [0.25, 0.3) is 0 Å². The van der Waals surface area contributed by atoms with Crippen LogP contribution in [-0.2, 0) is 0 Å². The van der Waals surface area contributed by atoms with Crippen LogP contribution >= 0.6 is 15.9 Å². The monoisotopic (exact) mass is 319 g/mol. The predicted molar refractivity (Wildman–Crippen MR) is 82.9 cm³/mol. The summed E-state index contributed by atoms with van der Waals surface area (Å²) < 4.78 is 0. The number of halogens is 1. The van der Waals surface area contributed by atoms with E-state index in [2.05, 4.69) is 56.2 Å². The SMILES string of the molecule is CC(Br)C1CCN(c2nncc3ccccc23)CC1. The molecule has 0 aliphatic carbocycles. The Kier molecular flexibility index (Phi) is 3.69. The van der Waals surface area contributed by atoms with Crippen molar-refractivity contribution in [2.24, 2.45) is 5.92 Å². The van der Waals surface area contributed by atoms with Gasteiger partial charge in [0, 0.05) is 28.7 Å². The summed E-state index contributed by atoms with van der Waals surface area (Å²) in [6.45, 7) is 4.39. The molecule has 0 N–H and O–H groups in total. The highest BCUT2D eigenvalue weighted by Crippen LogP contribution is 2.30. The maximum atomic E-state index is 4.36. The average molecular weight is 320 g/mol. The molecule has 3 nitrogen and oxygen atoms in total. The van der Waals surface area contributed by atoms with E-state index >= 15 is 0 Å². The van der Waals surface area contributed by atoms with E-state index in [0.29, 0.717) is 4.83 Å². The minimum absolute atomic E-state index is 0.605. The van der Waals surface area contributed by atoms with Crippen LogP contribution in [0.25, 0.3) is 10.8 Å². The molecule has 100 valence electrons. The van der Waals surface area contributed by atoms with Gasteiger partial charge >= 0.3 is 0 Å². The zero-order valence-electron chi connectivity index (χ0n) is 11.1. The van der Waals surface area contributed by atoms with E-state index in [4.69, 9.17) is 0 Å². The zero-order valence-corrected chi connectivity index (χ0v) is 12.7. The van der Waals surface area contributed by atoms with Crippen molar-refractivity contribution in [1.82, 2.24) is 10.2 Å².